The molecule has 3 aromatic carbocycles. The van der Waals surface area contributed by atoms with Crippen LogP contribution in [-0.4, -0.2) is 31.4 Å². The van der Waals surface area contributed by atoms with Crippen molar-refractivity contribution >= 4 is 40.8 Å². The number of amides is 2. The molecule has 2 amide bonds. The molecule has 0 bridgehead atoms. The van der Waals surface area contributed by atoms with E-state index in [1.807, 2.05) is 24.3 Å². The number of ether oxygens (including phenoxy) is 1. The number of nitrogens with zero attached hydrogens (tertiary/aromatic N) is 1. The Hall–Kier alpha value is -4.61. The second-order valence-corrected chi connectivity index (χ2v) is 8.81. The number of carbonyl (C=O) groups excluding carboxylic acids is 3. The largest absolute Gasteiger partial charge is 0.462 e. The van der Waals surface area contributed by atoms with Crippen LogP contribution < -0.4 is 10.6 Å². The van der Waals surface area contributed by atoms with Crippen molar-refractivity contribution in [1.82, 2.24) is 5.32 Å². The van der Waals surface area contributed by atoms with E-state index in [1.165, 1.54) is 24.9 Å². The van der Waals surface area contributed by atoms with E-state index >= 15 is 0 Å². The van der Waals surface area contributed by atoms with Gasteiger partial charge in [0, 0.05) is 35.7 Å². The number of carbonyl (C=O) groups is 3. The fourth-order valence-electron chi connectivity index (χ4n) is 3.45. The van der Waals surface area contributed by atoms with Gasteiger partial charge >= 0.3 is 5.97 Å². The third-order valence-electron chi connectivity index (χ3n) is 5.29. The van der Waals surface area contributed by atoms with Gasteiger partial charge in [0.15, 0.2) is 0 Å². The number of rotatable bonds is 10. The Bertz CT molecular complexity index is 1410. The SMILES string of the molecule is CCOC(=O)c1cccc(CS/C=C(C#N)/C(=C\C(=O)NC)c2cccc(C(=O)Nc3ccccc3)c2)c1. The van der Waals surface area contributed by atoms with Crippen molar-refractivity contribution in [3.05, 3.63) is 118 Å². The van der Waals surface area contributed by atoms with Gasteiger partial charge in [-0.1, -0.05) is 42.5 Å². The molecule has 0 saturated carbocycles. The number of nitriles is 1. The summed E-state index contributed by atoms with van der Waals surface area (Å²) in [7, 11) is 1.50. The molecule has 0 aliphatic carbocycles. The van der Waals surface area contributed by atoms with E-state index in [9.17, 15) is 19.6 Å². The molecule has 38 heavy (non-hydrogen) atoms. The van der Waals surface area contributed by atoms with E-state index in [-0.39, 0.29) is 23.4 Å². The first kappa shape index (κ1) is 28.0. The predicted octanol–water partition coefficient (Wildman–Crippen LogP) is 5.59. The van der Waals surface area contributed by atoms with Crippen LogP contribution >= 0.6 is 11.8 Å². The molecule has 0 aromatic heterocycles. The molecular formula is C30H27N3O4S. The normalized spacial score (nSPS) is 11.3. The van der Waals surface area contributed by atoms with Gasteiger partial charge < -0.3 is 15.4 Å². The molecule has 3 rings (SSSR count). The Labute approximate surface area is 226 Å². The number of thioether (sulfide) groups is 1. The standard InChI is InChI=1S/C30H27N3O4S/c1-3-37-30(36)24-12-7-9-21(15-24)19-38-20-25(18-31)27(17-28(34)32-2)22-10-8-11-23(16-22)29(35)33-26-13-5-4-6-14-26/h4-17,20H,3,19H2,1-2H3,(H,32,34)(H,33,35)/b25-20+,27-17-. The highest BCUT2D eigenvalue weighted by Crippen LogP contribution is 2.27. The maximum atomic E-state index is 12.8. The fraction of sp³-hybridized carbons (Fsp3) is 0.133. The molecular weight excluding hydrogens is 498 g/mol. The van der Waals surface area contributed by atoms with E-state index in [0.29, 0.717) is 40.3 Å². The van der Waals surface area contributed by atoms with Gasteiger partial charge in [-0.25, -0.2) is 4.79 Å². The molecule has 8 heteroatoms. The number of esters is 1. The maximum Gasteiger partial charge on any atom is 0.338 e. The van der Waals surface area contributed by atoms with Crippen LogP contribution in [0.25, 0.3) is 5.57 Å². The molecule has 0 aliphatic heterocycles. The van der Waals surface area contributed by atoms with Crippen LogP contribution in [-0.2, 0) is 15.3 Å². The van der Waals surface area contributed by atoms with Crippen molar-refractivity contribution < 1.29 is 19.1 Å². The number of hydrogen-bond donors (Lipinski definition) is 2. The van der Waals surface area contributed by atoms with Crippen molar-refractivity contribution in [2.45, 2.75) is 12.7 Å². The van der Waals surface area contributed by atoms with Crippen molar-refractivity contribution in [3.8, 4) is 6.07 Å². The van der Waals surface area contributed by atoms with E-state index in [1.54, 1.807) is 66.9 Å². The summed E-state index contributed by atoms with van der Waals surface area (Å²) in [5.41, 5.74) is 3.58. The minimum atomic E-state index is -0.389. The van der Waals surface area contributed by atoms with Gasteiger partial charge in [0.25, 0.3) is 5.91 Å². The van der Waals surface area contributed by atoms with Crippen molar-refractivity contribution in [3.63, 3.8) is 0 Å². The fourth-order valence-corrected chi connectivity index (χ4v) is 4.25. The molecule has 0 heterocycles. The number of anilines is 1. The van der Waals surface area contributed by atoms with Crippen molar-refractivity contribution in [2.75, 3.05) is 19.0 Å². The molecule has 3 aromatic rings. The summed E-state index contributed by atoms with van der Waals surface area (Å²) in [6.07, 6.45) is 1.34. The lowest BCUT2D eigenvalue weighted by molar-refractivity contribution is -0.116. The summed E-state index contributed by atoms with van der Waals surface area (Å²) in [4.78, 5) is 37.1. The Balaban J connectivity index is 1.85. The van der Waals surface area contributed by atoms with Crippen LogP contribution in [0, 0.1) is 11.3 Å². The van der Waals surface area contributed by atoms with Gasteiger partial charge in [0.2, 0.25) is 5.91 Å². The molecule has 0 aliphatic rings. The molecule has 2 N–H and O–H groups in total. The summed E-state index contributed by atoms with van der Waals surface area (Å²) in [6.45, 7) is 2.04. The number of para-hydroxylation sites is 1. The van der Waals surface area contributed by atoms with Crippen LogP contribution in [0.3, 0.4) is 0 Å². The van der Waals surface area contributed by atoms with E-state index in [0.717, 1.165) is 5.56 Å². The second-order valence-electron chi connectivity index (χ2n) is 7.95. The Morgan fingerprint density at radius 1 is 0.947 bits per heavy atom. The Kier molecular flexibility index (Phi) is 10.5. The monoisotopic (exact) mass is 525 g/mol. The molecule has 0 fully saturated rings. The van der Waals surface area contributed by atoms with E-state index in [4.69, 9.17) is 4.74 Å². The first-order valence-electron chi connectivity index (χ1n) is 11.8. The lowest BCUT2D eigenvalue weighted by Gasteiger charge is -2.10. The summed E-state index contributed by atoms with van der Waals surface area (Å²) in [6, 6.07) is 25.1. The van der Waals surface area contributed by atoms with E-state index in [2.05, 4.69) is 16.7 Å². The number of allylic oxidation sites excluding steroid dienone is 2. The van der Waals surface area contributed by atoms with Gasteiger partial charge in [0.1, 0.15) is 6.07 Å². The molecule has 192 valence electrons. The maximum absolute atomic E-state index is 12.8. The first-order chi connectivity index (χ1) is 18.4. The highest BCUT2D eigenvalue weighted by molar-refractivity contribution is 8.01. The predicted molar refractivity (Wildman–Crippen MR) is 150 cm³/mol. The Morgan fingerprint density at radius 3 is 2.37 bits per heavy atom. The lowest BCUT2D eigenvalue weighted by Crippen LogP contribution is -2.15. The van der Waals surface area contributed by atoms with Gasteiger partial charge in [0.05, 0.1) is 17.7 Å². The summed E-state index contributed by atoms with van der Waals surface area (Å²) < 4.78 is 5.06. The lowest BCUT2D eigenvalue weighted by atomic mass is 9.97. The molecule has 0 saturated heterocycles. The van der Waals surface area contributed by atoms with Crippen LogP contribution in [0.15, 0.2) is 95.9 Å². The second kappa shape index (κ2) is 14.2. The molecule has 0 radical (unpaired) electrons. The smallest absolute Gasteiger partial charge is 0.338 e. The number of nitrogens with one attached hydrogen (secondary N) is 2. The summed E-state index contributed by atoms with van der Waals surface area (Å²) in [5, 5.41) is 17.0. The minimum absolute atomic E-state index is 0.265. The third kappa shape index (κ3) is 7.95. The van der Waals surface area contributed by atoms with Gasteiger partial charge in [-0.3, -0.25) is 9.59 Å². The average molecular weight is 526 g/mol. The average Bonchev–Trinajstić information content (AvgIpc) is 2.95. The number of hydrogen-bond acceptors (Lipinski definition) is 6. The number of likely N-dealkylation sites (N-methyl/N-ethyl adjacent to an activating group) is 1. The van der Waals surface area contributed by atoms with Crippen LogP contribution in [0.5, 0.6) is 0 Å². The van der Waals surface area contributed by atoms with Gasteiger partial charge in [-0.15, -0.1) is 11.8 Å². The highest BCUT2D eigenvalue weighted by atomic mass is 32.2. The first-order valence-corrected chi connectivity index (χ1v) is 12.9. The molecule has 0 atom stereocenters. The Morgan fingerprint density at radius 2 is 1.66 bits per heavy atom. The van der Waals surface area contributed by atoms with E-state index < -0.39 is 0 Å². The summed E-state index contributed by atoms with van der Waals surface area (Å²) >= 11 is 1.35. The van der Waals surface area contributed by atoms with Crippen LogP contribution in [0.1, 0.15) is 38.8 Å². The molecule has 0 spiro atoms. The topological polar surface area (TPSA) is 108 Å². The molecule has 7 nitrogen and oxygen atoms in total. The quantitative estimate of drug-likeness (QED) is 0.155. The molecule has 0 unspecified atom stereocenters. The van der Waals surface area contributed by atoms with Crippen LogP contribution in [0.4, 0.5) is 5.69 Å². The van der Waals surface area contributed by atoms with Crippen molar-refractivity contribution in [1.29, 1.82) is 5.26 Å². The highest BCUT2D eigenvalue weighted by Gasteiger charge is 2.14. The zero-order chi connectivity index (χ0) is 27.3. The van der Waals surface area contributed by atoms with Crippen molar-refractivity contribution in [2.24, 2.45) is 0 Å². The van der Waals surface area contributed by atoms with Gasteiger partial charge in [-0.05, 0) is 59.9 Å². The zero-order valence-corrected chi connectivity index (χ0v) is 21.9. The van der Waals surface area contributed by atoms with Gasteiger partial charge in [-0.2, -0.15) is 5.26 Å². The minimum Gasteiger partial charge on any atom is -0.462 e. The third-order valence-corrected chi connectivity index (χ3v) is 6.19. The summed E-state index contributed by atoms with van der Waals surface area (Å²) in [5.74, 6) is -0.590. The van der Waals surface area contributed by atoms with Crippen LogP contribution in [0.2, 0.25) is 0 Å². The zero-order valence-electron chi connectivity index (χ0n) is 21.1. The number of benzene rings is 3.